The predicted molar refractivity (Wildman–Crippen MR) is 63.8 cm³/mol. The maximum Gasteiger partial charge on any atom is 0.170 e. The SMILES string of the molecule is C=CCOC(OCC)C(Br)CCCC. The molecule has 0 spiro atoms. The second-order valence-electron chi connectivity index (χ2n) is 3.10. The van der Waals surface area contributed by atoms with E-state index in [-0.39, 0.29) is 11.1 Å². The summed E-state index contributed by atoms with van der Waals surface area (Å²) in [4.78, 5) is 0.280. The zero-order valence-corrected chi connectivity index (χ0v) is 10.8. The fraction of sp³-hybridized carbons (Fsp3) is 0.818. The highest BCUT2D eigenvalue weighted by Crippen LogP contribution is 2.17. The Labute approximate surface area is 95.8 Å². The van der Waals surface area contributed by atoms with Crippen molar-refractivity contribution in [2.24, 2.45) is 0 Å². The highest BCUT2D eigenvalue weighted by atomic mass is 79.9. The highest BCUT2D eigenvalue weighted by Gasteiger charge is 2.18. The third-order valence-corrected chi connectivity index (χ3v) is 2.73. The van der Waals surface area contributed by atoms with E-state index >= 15 is 0 Å². The molecule has 2 unspecified atom stereocenters. The van der Waals surface area contributed by atoms with Crippen molar-refractivity contribution < 1.29 is 9.47 Å². The zero-order valence-electron chi connectivity index (χ0n) is 9.17. The van der Waals surface area contributed by atoms with E-state index in [9.17, 15) is 0 Å². The molecule has 0 saturated carbocycles. The molecule has 2 nitrogen and oxygen atoms in total. The van der Waals surface area contributed by atoms with E-state index in [4.69, 9.17) is 9.47 Å². The van der Waals surface area contributed by atoms with Gasteiger partial charge >= 0.3 is 0 Å². The summed E-state index contributed by atoms with van der Waals surface area (Å²) in [6.45, 7) is 8.99. The molecule has 0 aliphatic rings. The van der Waals surface area contributed by atoms with Gasteiger partial charge in [0.25, 0.3) is 0 Å². The summed E-state index contributed by atoms with van der Waals surface area (Å²) in [5, 5.41) is 0. The van der Waals surface area contributed by atoms with Gasteiger partial charge in [-0.15, -0.1) is 6.58 Å². The summed E-state index contributed by atoms with van der Waals surface area (Å²) in [7, 11) is 0. The Balaban J connectivity index is 3.82. The van der Waals surface area contributed by atoms with Gasteiger partial charge in [-0.3, -0.25) is 0 Å². The van der Waals surface area contributed by atoms with Gasteiger partial charge in [0.2, 0.25) is 0 Å². The summed E-state index contributed by atoms with van der Waals surface area (Å²) in [5.41, 5.74) is 0. The summed E-state index contributed by atoms with van der Waals surface area (Å²) in [6, 6.07) is 0. The van der Waals surface area contributed by atoms with Crippen molar-refractivity contribution in [3.8, 4) is 0 Å². The minimum atomic E-state index is -0.149. The second kappa shape index (κ2) is 9.69. The van der Waals surface area contributed by atoms with Gasteiger partial charge in [-0.1, -0.05) is 41.8 Å². The Hall–Kier alpha value is 0.140. The highest BCUT2D eigenvalue weighted by molar-refractivity contribution is 9.09. The van der Waals surface area contributed by atoms with E-state index in [0.717, 1.165) is 6.42 Å². The van der Waals surface area contributed by atoms with Crippen molar-refractivity contribution in [2.45, 2.75) is 44.2 Å². The minimum absolute atomic E-state index is 0.149. The van der Waals surface area contributed by atoms with Gasteiger partial charge in [0.1, 0.15) is 0 Å². The Morgan fingerprint density at radius 1 is 1.36 bits per heavy atom. The molecule has 84 valence electrons. The van der Waals surface area contributed by atoms with Crippen LogP contribution in [0.5, 0.6) is 0 Å². The average molecular weight is 265 g/mol. The smallest absolute Gasteiger partial charge is 0.170 e. The van der Waals surface area contributed by atoms with Gasteiger partial charge in [-0.2, -0.15) is 0 Å². The van der Waals surface area contributed by atoms with Gasteiger partial charge in [-0.25, -0.2) is 0 Å². The molecule has 0 aromatic carbocycles. The molecule has 0 radical (unpaired) electrons. The van der Waals surface area contributed by atoms with Gasteiger partial charge in [0.15, 0.2) is 6.29 Å². The summed E-state index contributed by atoms with van der Waals surface area (Å²) < 4.78 is 11.0. The van der Waals surface area contributed by atoms with Gasteiger partial charge in [-0.05, 0) is 13.3 Å². The van der Waals surface area contributed by atoms with Crippen LogP contribution in [-0.2, 0) is 9.47 Å². The molecule has 0 bridgehead atoms. The standard InChI is InChI=1S/C11H21BrO2/c1-4-7-8-10(12)11(13-6-3)14-9-5-2/h5,10-11H,2,4,6-9H2,1,3H3. The molecule has 0 aromatic heterocycles. The Morgan fingerprint density at radius 2 is 2.07 bits per heavy atom. The molecule has 0 saturated heterocycles. The monoisotopic (exact) mass is 264 g/mol. The first kappa shape index (κ1) is 14.1. The molecule has 0 aromatic rings. The quantitative estimate of drug-likeness (QED) is 0.361. The molecule has 3 heteroatoms. The number of hydrogen-bond donors (Lipinski definition) is 0. The Kier molecular flexibility index (Phi) is 9.78. The number of halogens is 1. The number of rotatable bonds is 9. The zero-order chi connectivity index (χ0) is 10.8. The molecule has 0 amide bonds. The Bertz CT molecular complexity index is 139. The molecule has 0 fully saturated rings. The first-order chi connectivity index (χ1) is 6.76. The van der Waals surface area contributed by atoms with Crippen molar-refractivity contribution in [1.82, 2.24) is 0 Å². The van der Waals surface area contributed by atoms with E-state index in [1.54, 1.807) is 6.08 Å². The summed E-state index contributed by atoms with van der Waals surface area (Å²) in [6.07, 6.45) is 5.06. The van der Waals surface area contributed by atoms with Crippen LogP contribution in [0.3, 0.4) is 0 Å². The van der Waals surface area contributed by atoms with Crippen LogP contribution >= 0.6 is 15.9 Å². The minimum Gasteiger partial charge on any atom is -0.352 e. The maximum atomic E-state index is 5.50. The van der Waals surface area contributed by atoms with Crippen molar-refractivity contribution in [2.75, 3.05) is 13.2 Å². The van der Waals surface area contributed by atoms with E-state index in [2.05, 4.69) is 29.4 Å². The van der Waals surface area contributed by atoms with Gasteiger partial charge < -0.3 is 9.47 Å². The van der Waals surface area contributed by atoms with Crippen LogP contribution in [0, 0.1) is 0 Å². The number of hydrogen-bond acceptors (Lipinski definition) is 2. The molecular formula is C11H21BrO2. The molecular weight excluding hydrogens is 244 g/mol. The molecule has 2 atom stereocenters. The fourth-order valence-corrected chi connectivity index (χ4v) is 1.75. The van der Waals surface area contributed by atoms with Crippen LogP contribution in [0.15, 0.2) is 12.7 Å². The van der Waals surface area contributed by atoms with Gasteiger partial charge in [0.05, 0.1) is 11.4 Å². The lowest BCUT2D eigenvalue weighted by atomic mass is 10.2. The second-order valence-corrected chi connectivity index (χ2v) is 4.28. The number of alkyl halides is 1. The topological polar surface area (TPSA) is 18.5 Å². The van der Waals surface area contributed by atoms with E-state index < -0.39 is 0 Å². The van der Waals surface area contributed by atoms with Crippen LogP contribution < -0.4 is 0 Å². The first-order valence-electron chi connectivity index (χ1n) is 5.24. The van der Waals surface area contributed by atoms with Gasteiger partial charge in [0, 0.05) is 6.61 Å². The van der Waals surface area contributed by atoms with E-state index in [0.29, 0.717) is 13.2 Å². The molecule has 0 aliphatic heterocycles. The van der Waals surface area contributed by atoms with Crippen LogP contribution in [0.25, 0.3) is 0 Å². The third kappa shape index (κ3) is 6.57. The van der Waals surface area contributed by atoms with E-state index in [1.807, 2.05) is 6.92 Å². The third-order valence-electron chi connectivity index (χ3n) is 1.84. The fourth-order valence-electron chi connectivity index (χ4n) is 1.12. The molecule has 0 rings (SSSR count). The normalized spacial score (nSPS) is 15.1. The lowest BCUT2D eigenvalue weighted by Gasteiger charge is -2.22. The lowest BCUT2D eigenvalue weighted by Crippen LogP contribution is -2.27. The summed E-state index contributed by atoms with van der Waals surface area (Å²) >= 11 is 3.59. The van der Waals surface area contributed by atoms with Crippen LogP contribution in [0.4, 0.5) is 0 Å². The largest absolute Gasteiger partial charge is 0.352 e. The summed E-state index contributed by atoms with van der Waals surface area (Å²) in [5.74, 6) is 0. The number of ether oxygens (including phenoxy) is 2. The average Bonchev–Trinajstić information content (AvgIpc) is 2.20. The van der Waals surface area contributed by atoms with Crippen molar-refractivity contribution in [3.63, 3.8) is 0 Å². The van der Waals surface area contributed by atoms with Crippen molar-refractivity contribution in [1.29, 1.82) is 0 Å². The predicted octanol–water partition coefficient (Wildman–Crippen LogP) is 3.51. The molecule has 0 heterocycles. The Morgan fingerprint density at radius 3 is 2.57 bits per heavy atom. The molecule has 14 heavy (non-hydrogen) atoms. The van der Waals surface area contributed by atoms with Crippen LogP contribution in [-0.4, -0.2) is 24.3 Å². The number of unbranched alkanes of at least 4 members (excludes halogenated alkanes) is 1. The lowest BCUT2D eigenvalue weighted by molar-refractivity contribution is -0.130. The van der Waals surface area contributed by atoms with Crippen molar-refractivity contribution in [3.05, 3.63) is 12.7 Å². The van der Waals surface area contributed by atoms with Crippen LogP contribution in [0.2, 0.25) is 0 Å². The van der Waals surface area contributed by atoms with E-state index in [1.165, 1.54) is 12.8 Å². The van der Waals surface area contributed by atoms with Crippen molar-refractivity contribution >= 4 is 15.9 Å². The molecule has 0 N–H and O–H groups in total. The van der Waals surface area contributed by atoms with Crippen LogP contribution in [0.1, 0.15) is 33.1 Å². The first-order valence-corrected chi connectivity index (χ1v) is 6.15. The maximum absolute atomic E-state index is 5.50. The molecule has 0 aliphatic carbocycles.